The molecule has 0 N–H and O–H groups in total. The number of fused-ring (bicyclic) bond motifs is 1. The molecule has 35 heavy (non-hydrogen) atoms. The molecule has 0 radical (unpaired) electrons. The minimum Gasteiger partial charge on any atom is -0.491 e. The van der Waals surface area contributed by atoms with E-state index in [1.165, 1.54) is 21.3 Å². The predicted molar refractivity (Wildman–Crippen MR) is 138 cm³/mol. The number of aryl methyl sites for hydroxylation is 1. The summed E-state index contributed by atoms with van der Waals surface area (Å²) in [5.41, 5.74) is 2.23. The maximum atomic E-state index is 13.6. The van der Waals surface area contributed by atoms with Crippen molar-refractivity contribution in [3.05, 3.63) is 81.0 Å². The average molecular weight is 531 g/mol. The molecule has 0 bridgehead atoms. The number of amides is 1. The molecule has 2 aromatic carbocycles. The molecule has 1 aliphatic heterocycles. The maximum absolute atomic E-state index is 13.6. The summed E-state index contributed by atoms with van der Waals surface area (Å²) in [4.78, 5) is 16.8. The summed E-state index contributed by atoms with van der Waals surface area (Å²) >= 11 is 7.64. The van der Waals surface area contributed by atoms with Gasteiger partial charge in [0.2, 0.25) is 15.9 Å². The Hall–Kier alpha value is -2.39. The zero-order valence-corrected chi connectivity index (χ0v) is 21.8. The van der Waals surface area contributed by atoms with E-state index < -0.39 is 10.0 Å². The van der Waals surface area contributed by atoms with Gasteiger partial charge >= 0.3 is 0 Å². The topological polar surface area (TPSA) is 66.9 Å². The summed E-state index contributed by atoms with van der Waals surface area (Å²) in [5, 5.41) is 2.51. The van der Waals surface area contributed by atoms with E-state index in [0.717, 1.165) is 36.1 Å². The van der Waals surface area contributed by atoms with E-state index >= 15 is 0 Å². The van der Waals surface area contributed by atoms with E-state index in [1.807, 2.05) is 42.6 Å². The molecule has 6 nitrogen and oxygen atoms in total. The Labute approximate surface area is 215 Å². The predicted octanol–water partition coefficient (Wildman–Crippen LogP) is 5.07. The first-order chi connectivity index (χ1) is 16.8. The third-order valence-electron chi connectivity index (χ3n) is 6.51. The number of sulfonamides is 1. The van der Waals surface area contributed by atoms with Gasteiger partial charge in [0.1, 0.15) is 12.4 Å². The first-order valence-electron chi connectivity index (χ1n) is 11.7. The molecule has 1 amide bonds. The number of carbonyl (C=O) groups excluding carboxylic acids is 1. The third-order valence-corrected chi connectivity index (χ3v) is 9.67. The zero-order chi connectivity index (χ0) is 24.6. The van der Waals surface area contributed by atoms with Crippen LogP contribution in [0.25, 0.3) is 0 Å². The number of benzene rings is 2. The lowest BCUT2D eigenvalue weighted by molar-refractivity contribution is -0.135. The minimum atomic E-state index is -3.82. The first-order valence-corrected chi connectivity index (χ1v) is 14.4. The summed E-state index contributed by atoms with van der Waals surface area (Å²) in [6.45, 7) is 2.68. The molecule has 1 fully saturated rings. The van der Waals surface area contributed by atoms with Crippen LogP contribution in [0.4, 0.5) is 0 Å². The van der Waals surface area contributed by atoms with Gasteiger partial charge in [-0.05, 0) is 79.6 Å². The van der Waals surface area contributed by atoms with Crippen LogP contribution in [0, 0.1) is 6.92 Å². The van der Waals surface area contributed by atoms with Gasteiger partial charge in [-0.25, -0.2) is 8.42 Å². The van der Waals surface area contributed by atoms with E-state index in [4.69, 9.17) is 16.3 Å². The number of rotatable bonds is 8. The summed E-state index contributed by atoms with van der Waals surface area (Å²) in [6.07, 6.45) is 2.27. The highest BCUT2D eigenvalue weighted by Crippen LogP contribution is 2.36. The van der Waals surface area contributed by atoms with Crippen molar-refractivity contribution in [3.63, 3.8) is 0 Å². The van der Waals surface area contributed by atoms with Gasteiger partial charge < -0.3 is 9.64 Å². The van der Waals surface area contributed by atoms with Gasteiger partial charge in [0.15, 0.2) is 0 Å². The Morgan fingerprint density at radius 3 is 2.51 bits per heavy atom. The van der Waals surface area contributed by atoms with Crippen molar-refractivity contribution in [2.24, 2.45) is 0 Å². The Morgan fingerprint density at radius 2 is 1.83 bits per heavy atom. The number of thiophene rings is 1. The number of halogens is 1. The molecule has 0 saturated heterocycles. The van der Waals surface area contributed by atoms with Crippen LogP contribution in [0.15, 0.2) is 64.9 Å². The van der Waals surface area contributed by atoms with E-state index in [9.17, 15) is 13.2 Å². The number of hydrogen-bond donors (Lipinski definition) is 0. The molecule has 0 spiro atoms. The van der Waals surface area contributed by atoms with Crippen molar-refractivity contribution in [1.29, 1.82) is 0 Å². The van der Waals surface area contributed by atoms with Crippen LogP contribution >= 0.6 is 22.9 Å². The van der Waals surface area contributed by atoms with E-state index in [0.29, 0.717) is 18.2 Å². The van der Waals surface area contributed by atoms with Crippen molar-refractivity contribution < 1.29 is 17.9 Å². The zero-order valence-electron chi connectivity index (χ0n) is 19.4. The maximum Gasteiger partial charge on any atom is 0.243 e. The number of ether oxygens (including phenoxy) is 1. The van der Waals surface area contributed by atoms with Gasteiger partial charge in [0, 0.05) is 22.5 Å². The molecule has 1 aromatic heterocycles. The van der Waals surface area contributed by atoms with Crippen molar-refractivity contribution in [2.75, 3.05) is 19.7 Å². The second kappa shape index (κ2) is 9.93. The highest BCUT2D eigenvalue weighted by molar-refractivity contribution is 7.89. The summed E-state index contributed by atoms with van der Waals surface area (Å²) < 4.78 is 34.3. The minimum absolute atomic E-state index is 0.150. The highest BCUT2D eigenvalue weighted by Gasteiger charge is 2.41. The normalized spacial score (nSPS) is 17.9. The fourth-order valence-electron chi connectivity index (χ4n) is 4.42. The fraction of sp³-hybridized carbons (Fsp3) is 0.346. The molecule has 2 aliphatic rings. The van der Waals surface area contributed by atoms with Crippen molar-refractivity contribution in [3.8, 4) is 5.75 Å². The molecule has 5 rings (SSSR count). The molecular formula is C26H27ClN2O4S2. The van der Waals surface area contributed by atoms with Crippen LogP contribution in [-0.2, 0) is 21.2 Å². The van der Waals surface area contributed by atoms with Gasteiger partial charge in [-0.1, -0.05) is 29.3 Å². The second-order valence-electron chi connectivity index (χ2n) is 9.01. The Kier molecular flexibility index (Phi) is 6.90. The van der Waals surface area contributed by atoms with Crippen LogP contribution in [0.2, 0.25) is 5.02 Å². The molecule has 2 heterocycles. The second-order valence-corrected chi connectivity index (χ2v) is 12.3. The quantitative estimate of drug-likeness (QED) is 0.408. The van der Waals surface area contributed by atoms with Gasteiger partial charge in [0.25, 0.3) is 0 Å². The summed E-state index contributed by atoms with van der Waals surface area (Å²) in [5.74, 6) is 0.541. The SMILES string of the molecule is Cc1ccc(OCC2c3ccsc3CCN2C(=O)CN(C2CC2)S(=O)(=O)c2ccc(Cl)cc2)cc1. The third kappa shape index (κ3) is 5.26. The van der Waals surface area contributed by atoms with Crippen molar-refractivity contribution in [2.45, 2.75) is 43.2 Å². The largest absolute Gasteiger partial charge is 0.491 e. The van der Waals surface area contributed by atoms with E-state index in [2.05, 4.69) is 0 Å². The van der Waals surface area contributed by atoms with E-state index in [1.54, 1.807) is 28.4 Å². The van der Waals surface area contributed by atoms with Crippen LogP contribution in [-0.4, -0.2) is 49.3 Å². The van der Waals surface area contributed by atoms with Gasteiger partial charge in [-0.3, -0.25) is 4.79 Å². The summed E-state index contributed by atoms with van der Waals surface area (Å²) in [6, 6.07) is 15.6. The fourth-order valence-corrected chi connectivity index (χ4v) is 7.11. The Balaban J connectivity index is 1.37. The number of hydrogen-bond acceptors (Lipinski definition) is 5. The molecule has 1 saturated carbocycles. The standard InChI is InChI=1S/C26H27ClN2O4S2/c1-18-2-8-21(9-3-18)33-17-24-23-13-15-34-25(23)12-14-28(24)26(30)16-29(20-6-7-20)35(31,32)22-10-4-19(27)5-11-22/h2-5,8-11,13,15,20,24H,6-7,12,14,16-17H2,1H3. The molecule has 1 unspecified atom stereocenters. The lowest BCUT2D eigenvalue weighted by atomic mass is 10.0. The van der Waals surface area contributed by atoms with Crippen molar-refractivity contribution >= 4 is 38.9 Å². The first kappa shape index (κ1) is 24.3. The number of carbonyl (C=O) groups is 1. The Bertz CT molecular complexity index is 1300. The molecule has 9 heteroatoms. The van der Waals surface area contributed by atoms with Crippen LogP contribution in [0.3, 0.4) is 0 Å². The van der Waals surface area contributed by atoms with Gasteiger partial charge in [0.05, 0.1) is 17.5 Å². The molecule has 1 atom stereocenters. The van der Waals surface area contributed by atoms with Gasteiger partial charge in [-0.15, -0.1) is 11.3 Å². The van der Waals surface area contributed by atoms with E-state index in [-0.39, 0.29) is 29.4 Å². The van der Waals surface area contributed by atoms with Crippen LogP contribution in [0.1, 0.15) is 34.9 Å². The highest BCUT2D eigenvalue weighted by atomic mass is 35.5. The van der Waals surface area contributed by atoms with Crippen LogP contribution < -0.4 is 4.74 Å². The monoisotopic (exact) mass is 530 g/mol. The Morgan fingerprint density at radius 1 is 1.11 bits per heavy atom. The molecule has 3 aromatic rings. The van der Waals surface area contributed by atoms with Crippen molar-refractivity contribution in [1.82, 2.24) is 9.21 Å². The lowest BCUT2D eigenvalue weighted by Crippen LogP contribution is -2.48. The number of nitrogens with zero attached hydrogens (tertiary/aromatic N) is 2. The van der Waals surface area contributed by atoms with Gasteiger partial charge in [-0.2, -0.15) is 4.31 Å². The van der Waals surface area contributed by atoms with Crippen LogP contribution in [0.5, 0.6) is 5.75 Å². The summed E-state index contributed by atoms with van der Waals surface area (Å²) in [7, 11) is -3.82. The average Bonchev–Trinajstić information content (AvgIpc) is 3.57. The molecular weight excluding hydrogens is 504 g/mol. The lowest BCUT2D eigenvalue weighted by Gasteiger charge is -2.37. The smallest absolute Gasteiger partial charge is 0.243 e. The molecule has 184 valence electrons. The molecule has 1 aliphatic carbocycles.